The molecule has 0 aromatic heterocycles. The van der Waals surface area contributed by atoms with Gasteiger partial charge in [-0.05, 0) is 19.1 Å². The Kier molecular flexibility index (Phi) is 8.41. The minimum Gasteiger partial charge on any atom is -0.481 e. The Balaban J connectivity index is 3.17. The van der Waals surface area contributed by atoms with E-state index in [0.717, 1.165) is 12.1 Å². The molecule has 0 amide bonds. The zero-order chi connectivity index (χ0) is 24.9. The van der Waals surface area contributed by atoms with E-state index in [-0.39, 0.29) is 0 Å². The largest absolute Gasteiger partial charge is 0.481 e. The van der Waals surface area contributed by atoms with Gasteiger partial charge in [-0.1, -0.05) is 17.7 Å². The number of aryl methyl sites for hydroxylation is 1. The fourth-order valence-corrected chi connectivity index (χ4v) is 3.28. The Bertz CT molecular complexity index is 1010. The van der Waals surface area contributed by atoms with Crippen molar-refractivity contribution in [3.63, 3.8) is 0 Å². The first kappa shape index (κ1) is 26.5. The first-order valence-corrected chi connectivity index (χ1v) is 9.82. The zero-order valence-electron chi connectivity index (χ0n) is 16.2. The Hall–Kier alpha value is -3.56. The van der Waals surface area contributed by atoms with Gasteiger partial charge in [0.05, 0.1) is 17.7 Å². The van der Waals surface area contributed by atoms with Crippen LogP contribution >= 0.6 is 0 Å². The fraction of sp³-hybridized carbons (Fsp3) is 0.353. The predicted molar refractivity (Wildman–Crippen MR) is 97.8 cm³/mol. The Morgan fingerprint density at radius 2 is 1.41 bits per heavy atom. The van der Waals surface area contributed by atoms with Crippen LogP contribution in [0.2, 0.25) is 0 Å². The van der Waals surface area contributed by atoms with Crippen molar-refractivity contribution in [2.75, 3.05) is 0 Å². The monoisotopic (exact) mass is 478 g/mol. The summed E-state index contributed by atoms with van der Waals surface area (Å²) in [5.74, 6) is -10.2. The van der Waals surface area contributed by atoms with Crippen molar-refractivity contribution in [1.29, 1.82) is 0 Å². The van der Waals surface area contributed by atoms with Crippen molar-refractivity contribution >= 4 is 40.0 Å². The second-order valence-corrected chi connectivity index (χ2v) is 8.03. The minimum absolute atomic E-state index is 0.536. The molecule has 0 bridgehead atoms. The first-order chi connectivity index (χ1) is 14.6. The van der Waals surface area contributed by atoms with Gasteiger partial charge in [-0.25, -0.2) is 18.6 Å². The van der Waals surface area contributed by atoms with E-state index in [4.69, 9.17) is 10.2 Å². The molecule has 0 fully saturated rings. The van der Waals surface area contributed by atoms with Crippen LogP contribution in [-0.2, 0) is 43.0 Å². The summed E-state index contributed by atoms with van der Waals surface area (Å²) >= 11 is 0. The molecule has 1 rings (SSSR count). The third kappa shape index (κ3) is 7.00. The smallest absolute Gasteiger partial charge is 0.348 e. The lowest BCUT2D eigenvalue weighted by molar-refractivity contribution is -0.183. The van der Waals surface area contributed by atoms with Gasteiger partial charge in [-0.2, -0.15) is 8.42 Å². The zero-order valence-corrected chi connectivity index (χ0v) is 17.0. The van der Waals surface area contributed by atoms with E-state index in [1.165, 1.54) is 12.1 Å². The van der Waals surface area contributed by atoms with Gasteiger partial charge in [0.2, 0.25) is 12.2 Å². The predicted octanol–water partition coefficient (Wildman–Crippen LogP) is -1.17. The highest BCUT2D eigenvalue weighted by Gasteiger charge is 2.45. The van der Waals surface area contributed by atoms with Crippen LogP contribution in [0.25, 0.3) is 0 Å². The molecular formula is C17H18O14S. The molecule has 0 radical (unpaired) electrons. The SMILES string of the molecule is Cc1ccc(S(=O)(=O)OC(C(=O)O)C(OC(=O)CC(O)(CC(=O)O)C(=O)O)C(=O)O)cc1. The van der Waals surface area contributed by atoms with Gasteiger partial charge >= 0.3 is 29.8 Å². The van der Waals surface area contributed by atoms with Crippen molar-refractivity contribution in [2.24, 2.45) is 0 Å². The molecule has 176 valence electrons. The number of carbonyl (C=O) groups is 5. The van der Waals surface area contributed by atoms with Crippen molar-refractivity contribution in [2.45, 2.75) is 42.5 Å². The second kappa shape index (κ2) is 10.2. The molecule has 15 heteroatoms. The fourth-order valence-electron chi connectivity index (χ4n) is 2.25. The highest BCUT2D eigenvalue weighted by Crippen LogP contribution is 2.21. The first-order valence-electron chi connectivity index (χ1n) is 8.41. The van der Waals surface area contributed by atoms with Gasteiger partial charge in [-0.3, -0.25) is 9.59 Å². The summed E-state index contributed by atoms with van der Waals surface area (Å²) in [6.07, 6.45) is -8.67. The lowest BCUT2D eigenvalue weighted by atomic mass is 9.96. The van der Waals surface area contributed by atoms with E-state index >= 15 is 0 Å². The molecule has 3 unspecified atom stereocenters. The third-order valence-electron chi connectivity index (χ3n) is 3.84. The van der Waals surface area contributed by atoms with E-state index < -0.39 is 75.5 Å². The van der Waals surface area contributed by atoms with Crippen LogP contribution in [0.1, 0.15) is 18.4 Å². The molecule has 0 spiro atoms. The minimum atomic E-state index is -4.86. The molecule has 1 aromatic carbocycles. The van der Waals surface area contributed by atoms with Crippen LogP contribution in [0.15, 0.2) is 29.2 Å². The van der Waals surface area contributed by atoms with E-state index in [2.05, 4.69) is 8.92 Å². The number of carbonyl (C=O) groups excluding carboxylic acids is 1. The van der Waals surface area contributed by atoms with Crippen molar-refractivity contribution in [3.05, 3.63) is 29.8 Å². The maximum atomic E-state index is 12.3. The Morgan fingerprint density at radius 3 is 1.81 bits per heavy atom. The highest BCUT2D eigenvalue weighted by molar-refractivity contribution is 7.86. The molecule has 32 heavy (non-hydrogen) atoms. The molecule has 0 saturated carbocycles. The van der Waals surface area contributed by atoms with Gasteiger partial charge in [0.25, 0.3) is 10.1 Å². The van der Waals surface area contributed by atoms with Crippen LogP contribution in [0, 0.1) is 6.92 Å². The molecule has 0 aliphatic rings. The maximum absolute atomic E-state index is 12.3. The number of hydrogen-bond donors (Lipinski definition) is 5. The summed E-state index contributed by atoms with van der Waals surface area (Å²) in [5.41, 5.74) is -2.57. The van der Waals surface area contributed by atoms with E-state index in [1.807, 2.05) is 0 Å². The summed E-state index contributed by atoms with van der Waals surface area (Å²) < 4.78 is 33.4. The van der Waals surface area contributed by atoms with Crippen LogP contribution in [0.4, 0.5) is 0 Å². The number of benzene rings is 1. The van der Waals surface area contributed by atoms with Crippen LogP contribution < -0.4 is 0 Å². The molecule has 0 aliphatic carbocycles. The summed E-state index contributed by atoms with van der Waals surface area (Å²) in [6, 6.07) is 4.78. The second-order valence-electron chi connectivity index (χ2n) is 6.45. The lowest BCUT2D eigenvalue weighted by Crippen LogP contribution is -2.48. The number of ether oxygens (including phenoxy) is 1. The van der Waals surface area contributed by atoms with Crippen LogP contribution in [0.3, 0.4) is 0 Å². The van der Waals surface area contributed by atoms with E-state index in [0.29, 0.717) is 5.56 Å². The molecule has 3 atom stereocenters. The maximum Gasteiger partial charge on any atom is 0.348 e. The van der Waals surface area contributed by atoms with Gasteiger partial charge in [0.15, 0.2) is 5.60 Å². The van der Waals surface area contributed by atoms with Gasteiger partial charge < -0.3 is 30.3 Å². The van der Waals surface area contributed by atoms with Crippen LogP contribution in [0.5, 0.6) is 0 Å². The van der Waals surface area contributed by atoms with E-state index in [9.17, 15) is 47.7 Å². The van der Waals surface area contributed by atoms with Crippen molar-refractivity contribution in [3.8, 4) is 0 Å². The number of esters is 1. The molecule has 14 nitrogen and oxygen atoms in total. The molecule has 1 aromatic rings. The Labute approximate surface area is 179 Å². The number of aliphatic hydroxyl groups is 1. The standard InChI is InChI=1S/C17H18O14S/c1-8-2-4-9(5-3-8)32(28,29)31-13(15(23)24)12(14(21)22)30-11(20)7-17(27,16(25)26)6-10(18)19/h2-5,12-13,27H,6-7H2,1H3,(H,18,19)(H,21,22)(H,23,24)(H,25,26). The normalized spacial score (nSPS) is 15.1. The highest BCUT2D eigenvalue weighted by atomic mass is 32.2. The number of aliphatic carboxylic acids is 4. The number of hydrogen-bond acceptors (Lipinski definition) is 10. The quantitative estimate of drug-likeness (QED) is 0.176. The molecule has 0 saturated heterocycles. The molecular weight excluding hydrogens is 460 g/mol. The molecule has 5 N–H and O–H groups in total. The van der Waals surface area contributed by atoms with Gasteiger partial charge in [0.1, 0.15) is 0 Å². The summed E-state index contributed by atoms with van der Waals surface area (Å²) in [4.78, 5) is 56.1. The van der Waals surface area contributed by atoms with Crippen LogP contribution in [-0.4, -0.2) is 81.6 Å². The summed E-state index contributed by atoms with van der Waals surface area (Å²) in [6.45, 7) is 1.62. The molecule has 0 heterocycles. The molecule has 0 aliphatic heterocycles. The Morgan fingerprint density at radius 1 is 0.906 bits per heavy atom. The van der Waals surface area contributed by atoms with Gasteiger partial charge in [0, 0.05) is 0 Å². The summed E-state index contributed by atoms with van der Waals surface area (Å²) in [7, 11) is -4.86. The van der Waals surface area contributed by atoms with Crippen molar-refractivity contribution in [1.82, 2.24) is 0 Å². The van der Waals surface area contributed by atoms with Crippen molar-refractivity contribution < 1.29 is 66.8 Å². The average molecular weight is 478 g/mol. The number of rotatable bonds is 12. The summed E-state index contributed by atoms with van der Waals surface area (Å²) in [5, 5.41) is 45.9. The topological polar surface area (TPSA) is 239 Å². The third-order valence-corrected chi connectivity index (χ3v) is 5.15. The van der Waals surface area contributed by atoms with Gasteiger partial charge in [-0.15, -0.1) is 0 Å². The lowest BCUT2D eigenvalue weighted by Gasteiger charge is -2.24. The van der Waals surface area contributed by atoms with E-state index in [1.54, 1.807) is 6.92 Å². The number of carboxylic acid groups (broad SMARTS) is 4. The average Bonchev–Trinajstić information content (AvgIpc) is 2.63. The number of carboxylic acids is 4.